The molecule has 0 saturated carbocycles. The SMILES string of the molecule is CN(Cc1cccc(C(F)(F)F)c1)C1CCN(S(=O)(=O)c2cc(F)c(F)cc2F)CC1. The van der Waals surface area contributed by atoms with Gasteiger partial charge in [-0.2, -0.15) is 17.5 Å². The minimum Gasteiger partial charge on any atom is -0.299 e. The van der Waals surface area contributed by atoms with Crippen molar-refractivity contribution in [3.05, 3.63) is 65.0 Å². The third kappa shape index (κ3) is 5.21. The number of benzene rings is 2. The summed E-state index contributed by atoms with van der Waals surface area (Å²) in [5, 5.41) is 0. The van der Waals surface area contributed by atoms with Gasteiger partial charge in [0, 0.05) is 31.7 Å². The summed E-state index contributed by atoms with van der Waals surface area (Å²) in [5.74, 6) is -4.32. The molecule has 1 fully saturated rings. The first-order chi connectivity index (χ1) is 14.4. The van der Waals surface area contributed by atoms with E-state index in [9.17, 15) is 34.8 Å². The molecule has 31 heavy (non-hydrogen) atoms. The first kappa shape index (κ1) is 23.6. The lowest BCUT2D eigenvalue weighted by molar-refractivity contribution is -0.137. The summed E-state index contributed by atoms with van der Waals surface area (Å²) in [5.41, 5.74) is -0.274. The Labute approximate surface area is 176 Å². The van der Waals surface area contributed by atoms with Crippen molar-refractivity contribution in [2.75, 3.05) is 20.1 Å². The van der Waals surface area contributed by atoms with Crippen LogP contribution in [0.5, 0.6) is 0 Å². The fraction of sp³-hybridized carbons (Fsp3) is 0.400. The second kappa shape index (κ2) is 8.79. The molecule has 3 rings (SSSR count). The van der Waals surface area contributed by atoms with E-state index in [1.54, 1.807) is 13.1 Å². The van der Waals surface area contributed by atoms with Crippen molar-refractivity contribution in [2.45, 2.75) is 36.5 Å². The molecule has 0 radical (unpaired) electrons. The van der Waals surface area contributed by atoms with Crippen LogP contribution in [-0.4, -0.2) is 43.8 Å². The molecule has 0 amide bonds. The number of nitrogens with zero attached hydrogens (tertiary/aromatic N) is 2. The van der Waals surface area contributed by atoms with Gasteiger partial charge in [-0.15, -0.1) is 0 Å². The fourth-order valence-corrected chi connectivity index (χ4v) is 5.15. The van der Waals surface area contributed by atoms with Gasteiger partial charge in [0.2, 0.25) is 10.0 Å². The van der Waals surface area contributed by atoms with Crippen molar-refractivity contribution in [1.82, 2.24) is 9.21 Å². The number of alkyl halides is 3. The van der Waals surface area contributed by atoms with E-state index in [0.29, 0.717) is 24.5 Å². The monoisotopic (exact) mass is 466 g/mol. The maximum Gasteiger partial charge on any atom is 0.416 e. The van der Waals surface area contributed by atoms with Gasteiger partial charge in [-0.1, -0.05) is 18.2 Å². The molecule has 0 aliphatic carbocycles. The van der Waals surface area contributed by atoms with E-state index in [1.165, 1.54) is 6.07 Å². The molecule has 1 aliphatic rings. The zero-order chi connectivity index (χ0) is 23.0. The van der Waals surface area contributed by atoms with Crippen LogP contribution in [0.4, 0.5) is 26.3 Å². The third-order valence-electron chi connectivity index (χ3n) is 5.33. The lowest BCUT2D eigenvalue weighted by Gasteiger charge is -2.36. The highest BCUT2D eigenvalue weighted by Gasteiger charge is 2.34. The number of hydrogen-bond acceptors (Lipinski definition) is 3. The van der Waals surface area contributed by atoms with Crippen LogP contribution in [0.15, 0.2) is 41.3 Å². The van der Waals surface area contributed by atoms with Gasteiger partial charge < -0.3 is 0 Å². The lowest BCUT2D eigenvalue weighted by atomic mass is 10.0. The van der Waals surface area contributed by atoms with Crippen LogP contribution in [0.1, 0.15) is 24.0 Å². The average molecular weight is 466 g/mol. The predicted molar refractivity (Wildman–Crippen MR) is 101 cm³/mol. The molecule has 0 spiro atoms. The van der Waals surface area contributed by atoms with E-state index in [2.05, 4.69) is 0 Å². The van der Waals surface area contributed by atoms with Crippen LogP contribution in [0.3, 0.4) is 0 Å². The molecule has 1 heterocycles. The number of rotatable bonds is 5. The molecule has 1 saturated heterocycles. The molecule has 0 unspecified atom stereocenters. The summed E-state index contributed by atoms with van der Waals surface area (Å²) in [4.78, 5) is 0.902. The molecule has 1 aliphatic heterocycles. The van der Waals surface area contributed by atoms with Crippen LogP contribution in [0.2, 0.25) is 0 Å². The Hall–Kier alpha value is -2.11. The Bertz CT molecular complexity index is 1050. The second-order valence-electron chi connectivity index (χ2n) is 7.45. The van der Waals surface area contributed by atoms with Crippen molar-refractivity contribution in [3.8, 4) is 0 Å². The molecule has 0 atom stereocenters. The highest BCUT2D eigenvalue weighted by molar-refractivity contribution is 7.89. The van der Waals surface area contributed by atoms with Crippen molar-refractivity contribution >= 4 is 10.0 Å². The fourth-order valence-electron chi connectivity index (χ4n) is 3.63. The Morgan fingerprint density at radius 1 is 1.00 bits per heavy atom. The highest BCUT2D eigenvalue weighted by atomic mass is 32.2. The van der Waals surface area contributed by atoms with Gasteiger partial charge in [0.15, 0.2) is 11.6 Å². The molecule has 4 nitrogen and oxygen atoms in total. The standard InChI is InChI=1S/C20H20F6N2O2S/c1-27(12-13-3-2-4-14(9-13)20(24,25)26)15-5-7-28(8-6-15)31(29,30)19-11-17(22)16(21)10-18(19)23/h2-4,9-11,15H,5-8,12H2,1H3. The van der Waals surface area contributed by atoms with Gasteiger partial charge in [0.1, 0.15) is 10.7 Å². The molecule has 0 aromatic heterocycles. The van der Waals surface area contributed by atoms with E-state index in [0.717, 1.165) is 16.4 Å². The largest absolute Gasteiger partial charge is 0.416 e. The first-order valence-electron chi connectivity index (χ1n) is 9.40. The van der Waals surface area contributed by atoms with Gasteiger partial charge in [-0.05, 0) is 37.6 Å². The molecule has 170 valence electrons. The van der Waals surface area contributed by atoms with Gasteiger partial charge >= 0.3 is 6.18 Å². The second-order valence-corrected chi connectivity index (χ2v) is 9.35. The number of piperidine rings is 1. The number of hydrogen-bond donors (Lipinski definition) is 0. The molecular weight excluding hydrogens is 446 g/mol. The van der Waals surface area contributed by atoms with Crippen molar-refractivity contribution < 1.29 is 34.8 Å². The Kier molecular flexibility index (Phi) is 6.68. The van der Waals surface area contributed by atoms with E-state index in [4.69, 9.17) is 0 Å². The van der Waals surface area contributed by atoms with Crippen LogP contribution in [0.25, 0.3) is 0 Å². The summed E-state index contributed by atoms with van der Waals surface area (Å²) >= 11 is 0. The quantitative estimate of drug-likeness (QED) is 0.484. The van der Waals surface area contributed by atoms with Crippen molar-refractivity contribution in [1.29, 1.82) is 0 Å². The average Bonchev–Trinajstić information content (AvgIpc) is 2.70. The van der Waals surface area contributed by atoms with Crippen molar-refractivity contribution in [3.63, 3.8) is 0 Å². The Morgan fingerprint density at radius 3 is 2.23 bits per heavy atom. The molecule has 11 heteroatoms. The zero-order valence-corrected chi connectivity index (χ0v) is 17.3. The summed E-state index contributed by atoms with van der Waals surface area (Å²) in [6.07, 6.45) is -3.75. The number of sulfonamides is 1. The summed E-state index contributed by atoms with van der Waals surface area (Å²) in [6, 6.07) is 5.38. The maximum atomic E-state index is 13.9. The number of halogens is 6. The van der Waals surface area contributed by atoms with Crippen LogP contribution in [-0.2, 0) is 22.7 Å². The molecular formula is C20H20F6N2O2S. The smallest absolute Gasteiger partial charge is 0.299 e. The van der Waals surface area contributed by atoms with Crippen LogP contribution >= 0.6 is 0 Å². The van der Waals surface area contributed by atoms with Crippen molar-refractivity contribution in [2.24, 2.45) is 0 Å². The molecule has 0 N–H and O–H groups in total. The molecule has 2 aromatic rings. The molecule has 2 aromatic carbocycles. The van der Waals surface area contributed by atoms with Crippen LogP contribution in [0, 0.1) is 17.5 Å². The Morgan fingerprint density at radius 2 is 1.61 bits per heavy atom. The van der Waals surface area contributed by atoms with E-state index in [-0.39, 0.29) is 31.7 Å². The highest BCUT2D eigenvalue weighted by Crippen LogP contribution is 2.30. The molecule has 0 bridgehead atoms. The van der Waals surface area contributed by atoms with E-state index >= 15 is 0 Å². The van der Waals surface area contributed by atoms with Gasteiger partial charge in [-0.25, -0.2) is 21.6 Å². The van der Waals surface area contributed by atoms with Gasteiger partial charge in [-0.3, -0.25) is 4.90 Å². The third-order valence-corrected chi connectivity index (χ3v) is 7.24. The Balaban J connectivity index is 1.66. The first-order valence-corrected chi connectivity index (χ1v) is 10.8. The van der Waals surface area contributed by atoms with Crippen LogP contribution < -0.4 is 0 Å². The summed E-state index contributed by atoms with van der Waals surface area (Å²) in [7, 11) is -2.63. The predicted octanol–water partition coefficient (Wildman–Crippen LogP) is 4.41. The topological polar surface area (TPSA) is 40.6 Å². The zero-order valence-electron chi connectivity index (χ0n) is 16.5. The maximum absolute atomic E-state index is 13.9. The van der Waals surface area contributed by atoms with Gasteiger partial charge in [0.05, 0.1) is 5.56 Å². The van der Waals surface area contributed by atoms with E-state index < -0.39 is 44.1 Å². The van der Waals surface area contributed by atoms with Gasteiger partial charge in [0.25, 0.3) is 0 Å². The normalized spacial score (nSPS) is 16.8. The summed E-state index contributed by atoms with van der Waals surface area (Å²) < 4.78 is 105. The summed E-state index contributed by atoms with van der Waals surface area (Å²) in [6.45, 7) is 0.260. The minimum absolute atomic E-state index is 0.0123. The lowest BCUT2D eigenvalue weighted by Crippen LogP contribution is -2.45. The minimum atomic E-state index is -4.44. The van der Waals surface area contributed by atoms with E-state index in [1.807, 2.05) is 4.90 Å².